The summed E-state index contributed by atoms with van der Waals surface area (Å²) in [5, 5.41) is 0. The van der Waals surface area contributed by atoms with E-state index in [2.05, 4.69) is 0 Å². The molecule has 4 nitrogen and oxygen atoms in total. The molecule has 2 atom stereocenters. The van der Waals surface area contributed by atoms with Crippen molar-refractivity contribution in [3.8, 4) is 11.5 Å². The van der Waals surface area contributed by atoms with Crippen LogP contribution in [0.1, 0.15) is 17.5 Å². The van der Waals surface area contributed by atoms with Gasteiger partial charge in [0.15, 0.2) is 11.5 Å². The number of likely N-dealkylation sites (tertiary alicyclic amines) is 1. The van der Waals surface area contributed by atoms with E-state index in [4.69, 9.17) is 9.47 Å². The summed E-state index contributed by atoms with van der Waals surface area (Å²) in [6.45, 7) is 0.496. The van der Waals surface area contributed by atoms with E-state index in [0.29, 0.717) is 30.0 Å². The van der Waals surface area contributed by atoms with Gasteiger partial charge in [-0.15, -0.1) is 0 Å². The molecule has 2 unspecified atom stereocenters. The molecule has 146 valence electrons. The van der Waals surface area contributed by atoms with E-state index >= 15 is 0 Å². The van der Waals surface area contributed by atoms with Crippen LogP contribution in [0.25, 0.3) is 6.08 Å². The lowest BCUT2D eigenvalue weighted by Gasteiger charge is -2.21. The van der Waals surface area contributed by atoms with E-state index in [1.807, 2.05) is 18.2 Å². The Kier molecular flexibility index (Phi) is 4.79. The predicted octanol–water partition coefficient (Wildman–Crippen LogP) is 4.04. The normalized spacial score (nSPS) is 21.8. The minimum Gasteiger partial charge on any atom is -0.493 e. The zero-order valence-electron chi connectivity index (χ0n) is 15.7. The number of benzene rings is 2. The molecule has 2 fully saturated rings. The predicted molar refractivity (Wildman–Crippen MR) is 101 cm³/mol. The molecule has 0 radical (unpaired) electrons. The van der Waals surface area contributed by atoms with Gasteiger partial charge in [-0.25, -0.2) is 8.78 Å². The Morgan fingerprint density at radius 3 is 2.57 bits per heavy atom. The Hall–Kier alpha value is -2.89. The third kappa shape index (κ3) is 3.35. The van der Waals surface area contributed by atoms with E-state index < -0.39 is 11.6 Å². The Balaban J connectivity index is 1.55. The number of piperidine rings is 1. The molecule has 28 heavy (non-hydrogen) atoms. The zero-order valence-corrected chi connectivity index (χ0v) is 15.7. The highest BCUT2D eigenvalue weighted by atomic mass is 19.1. The van der Waals surface area contributed by atoms with Crippen molar-refractivity contribution in [3.05, 3.63) is 64.9 Å². The number of hydrogen-bond acceptors (Lipinski definition) is 3. The number of nitrogens with zero attached hydrogens (tertiary/aromatic N) is 1. The first kappa shape index (κ1) is 18.5. The van der Waals surface area contributed by atoms with Crippen molar-refractivity contribution in [2.45, 2.75) is 12.8 Å². The summed E-state index contributed by atoms with van der Waals surface area (Å²) in [6, 6.07) is 9.16. The average Bonchev–Trinajstić information content (AvgIpc) is 3.44. The van der Waals surface area contributed by atoms with Crippen LogP contribution in [-0.2, 0) is 11.2 Å². The Labute approximate surface area is 162 Å². The highest BCUT2D eigenvalue weighted by Crippen LogP contribution is 2.53. The summed E-state index contributed by atoms with van der Waals surface area (Å²) in [7, 11) is 3.16. The van der Waals surface area contributed by atoms with Gasteiger partial charge in [0.1, 0.15) is 11.6 Å². The fourth-order valence-electron chi connectivity index (χ4n) is 3.80. The highest BCUT2D eigenvalue weighted by Gasteiger charge is 2.55. The van der Waals surface area contributed by atoms with Crippen LogP contribution in [0.15, 0.2) is 42.1 Å². The fraction of sp³-hybridized carbons (Fsp3) is 0.318. The summed E-state index contributed by atoms with van der Waals surface area (Å²) in [5.74, 6) is 0.277. The molecular weight excluding hydrogens is 364 g/mol. The minimum absolute atomic E-state index is 0.000151. The lowest BCUT2D eigenvalue weighted by molar-refractivity contribution is -0.128. The molecule has 0 N–H and O–H groups in total. The van der Waals surface area contributed by atoms with Crippen molar-refractivity contribution in [1.82, 2.24) is 4.90 Å². The number of methoxy groups -OCH3 is 2. The van der Waals surface area contributed by atoms with Gasteiger partial charge in [-0.1, -0.05) is 6.07 Å². The number of allylic oxidation sites excluding steroid dienone is 1. The minimum atomic E-state index is -0.621. The summed E-state index contributed by atoms with van der Waals surface area (Å²) in [5.41, 5.74) is 2.13. The first-order chi connectivity index (χ1) is 13.5. The number of halogens is 2. The molecule has 1 heterocycles. The molecule has 1 saturated heterocycles. The molecule has 2 aliphatic rings. The van der Waals surface area contributed by atoms with Crippen molar-refractivity contribution in [1.29, 1.82) is 0 Å². The van der Waals surface area contributed by atoms with Gasteiger partial charge in [0.25, 0.3) is 0 Å². The molecule has 2 aromatic carbocycles. The molecule has 0 bridgehead atoms. The molecule has 2 aromatic rings. The lowest BCUT2D eigenvalue weighted by atomic mass is 10.1. The topological polar surface area (TPSA) is 38.8 Å². The van der Waals surface area contributed by atoms with Gasteiger partial charge in [0.05, 0.1) is 14.2 Å². The van der Waals surface area contributed by atoms with Crippen LogP contribution in [0, 0.1) is 23.5 Å². The third-order valence-electron chi connectivity index (χ3n) is 5.40. The van der Waals surface area contributed by atoms with E-state index in [-0.39, 0.29) is 17.7 Å². The summed E-state index contributed by atoms with van der Waals surface area (Å²) < 4.78 is 37.8. The maximum atomic E-state index is 14.1. The van der Waals surface area contributed by atoms with Crippen LogP contribution in [0.3, 0.4) is 0 Å². The molecule has 1 aliphatic carbocycles. The standard InChI is InChI=1S/C22H21F2NO3/c1-27-20-6-3-13(9-21(20)28-2)7-8-25-19(16-12-17(16)22(25)26)10-14-4-5-15(23)11-18(14)24/h3-6,9-11,16-17H,7-8,12H2,1-2H3/b19-10+. The van der Waals surface area contributed by atoms with E-state index in [9.17, 15) is 13.6 Å². The molecule has 0 aromatic heterocycles. The number of rotatable bonds is 6. The number of carbonyl (C=O) groups is 1. The molecular formula is C22H21F2NO3. The van der Waals surface area contributed by atoms with E-state index in [0.717, 1.165) is 23.7 Å². The maximum absolute atomic E-state index is 14.1. The molecule has 1 saturated carbocycles. The molecule has 1 amide bonds. The van der Waals surface area contributed by atoms with Gasteiger partial charge in [-0.05, 0) is 48.7 Å². The highest BCUT2D eigenvalue weighted by molar-refractivity contribution is 5.89. The number of ether oxygens (including phenoxy) is 2. The number of fused-ring (bicyclic) bond motifs is 1. The number of hydrogen-bond donors (Lipinski definition) is 0. The van der Waals surface area contributed by atoms with Crippen molar-refractivity contribution in [2.75, 3.05) is 20.8 Å². The van der Waals surface area contributed by atoms with Gasteiger partial charge in [0, 0.05) is 35.7 Å². The Morgan fingerprint density at radius 1 is 1.07 bits per heavy atom. The lowest BCUT2D eigenvalue weighted by Crippen LogP contribution is -2.29. The van der Waals surface area contributed by atoms with Crippen LogP contribution in [0.5, 0.6) is 11.5 Å². The third-order valence-corrected chi connectivity index (χ3v) is 5.40. The number of carbonyl (C=O) groups excluding carboxylic acids is 1. The zero-order chi connectivity index (χ0) is 19.8. The number of amides is 1. The van der Waals surface area contributed by atoms with Gasteiger partial charge < -0.3 is 14.4 Å². The van der Waals surface area contributed by atoms with Crippen LogP contribution >= 0.6 is 0 Å². The van der Waals surface area contributed by atoms with Gasteiger partial charge in [-0.3, -0.25) is 4.79 Å². The first-order valence-electron chi connectivity index (χ1n) is 9.20. The molecule has 0 spiro atoms. The first-order valence-corrected chi connectivity index (χ1v) is 9.20. The second-order valence-corrected chi connectivity index (χ2v) is 7.11. The summed E-state index contributed by atoms with van der Waals surface area (Å²) in [6.07, 6.45) is 3.12. The van der Waals surface area contributed by atoms with Gasteiger partial charge in [0.2, 0.25) is 5.91 Å². The van der Waals surface area contributed by atoms with Gasteiger partial charge >= 0.3 is 0 Å². The van der Waals surface area contributed by atoms with Crippen LogP contribution in [0.2, 0.25) is 0 Å². The van der Waals surface area contributed by atoms with Crippen molar-refractivity contribution < 1.29 is 23.0 Å². The SMILES string of the molecule is COc1ccc(CCN2C(=O)C3CC3/C2=C\c2ccc(F)cc2F)cc1OC. The smallest absolute Gasteiger partial charge is 0.230 e. The van der Waals surface area contributed by atoms with Crippen molar-refractivity contribution in [2.24, 2.45) is 11.8 Å². The monoisotopic (exact) mass is 385 g/mol. The Morgan fingerprint density at radius 2 is 1.86 bits per heavy atom. The largest absolute Gasteiger partial charge is 0.493 e. The van der Waals surface area contributed by atoms with Crippen LogP contribution in [-0.4, -0.2) is 31.6 Å². The Bertz CT molecular complexity index is 957. The summed E-state index contributed by atoms with van der Waals surface area (Å²) in [4.78, 5) is 14.4. The van der Waals surface area contributed by atoms with Crippen LogP contribution < -0.4 is 9.47 Å². The second-order valence-electron chi connectivity index (χ2n) is 7.11. The van der Waals surface area contributed by atoms with Crippen molar-refractivity contribution >= 4 is 12.0 Å². The van der Waals surface area contributed by atoms with E-state index in [1.54, 1.807) is 25.2 Å². The fourth-order valence-corrected chi connectivity index (χ4v) is 3.80. The van der Waals surface area contributed by atoms with E-state index in [1.165, 1.54) is 12.1 Å². The van der Waals surface area contributed by atoms with Crippen molar-refractivity contribution in [3.63, 3.8) is 0 Å². The molecule has 4 rings (SSSR count). The summed E-state index contributed by atoms with van der Waals surface area (Å²) >= 11 is 0. The van der Waals surface area contributed by atoms with Gasteiger partial charge in [-0.2, -0.15) is 0 Å². The quantitative estimate of drug-likeness (QED) is 0.753. The van der Waals surface area contributed by atoms with Crippen LogP contribution in [0.4, 0.5) is 8.78 Å². The average molecular weight is 385 g/mol. The maximum Gasteiger partial charge on any atom is 0.230 e. The molecule has 1 aliphatic heterocycles. The molecule has 6 heteroatoms. The second kappa shape index (κ2) is 7.26.